The molecule has 156 valence electrons. The minimum atomic E-state index is -0.534. The van der Waals surface area contributed by atoms with Crippen molar-refractivity contribution in [3.05, 3.63) is 87.9 Å². The summed E-state index contributed by atoms with van der Waals surface area (Å²) in [4.78, 5) is 12.4. The number of hydrogen-bond donors (Lipinski definition) is 1. The number of halogens is 2. The fourth-order valence-corrected chi connectivity index (χ4v) is 3.78. The second-order valence-electron chi connectivity index (χ2n) is 6.71. The number of amides is 1. The molecule has 8 heteroatoms. The molecule has 0 spiro atoms. The minimum Gasteiger partial charge on any atom is -0.497 e. The Kier molecular flexibility index (Phi) is 5.93. The van der Waals surface area contributed by atoms with Gasteiger partial charge in [-0.15, -0.1) is 10.2 Å². The molecule has 1 amide bonds. The molecule has 1 aromatic heterocycles. The van der Waals surface area contributed by atoms with Crippen molar-refractivity contribution in [3.8, 4) is 11.6 Å². The molecule has 31 heavy (non-hydrogen) atoms. The van der Waals surface area contributed by atoms with Crippen molar-refractivity contribution < 1.29 is 14.6 Å². The number of rotatable bonds is 5. The Morgan fingerprint density at radius 3 is 2.35 bits per heavy atom. The number of hydrogen-bond acceptors (Lipinski definition) is 4. The summed E-state index contributed by atoms with van der Waals surface area (Å²) in [5.41, 5.74) is 1.93. The summed E-state index contributed by atoms with van der Waals surface area (Å²) < 4.78 is 6.72. The Hall–Kier alpha value is -3.35. The van der Waals surface area contributed by atoms with E-state index in [1.807, 2.05) is 18.2 Å². The summed E-state index contributed by atoms with van der Waals surface area (Å²) in [6, 6.07) is 19.1. The third-order valence-electron chi connectivity index (χ3n) is 4.87. The van der Waals surface area contributed by atoms with Crippen molar-refractivity contribution in [1.82, 2.24) is 4.57 Å². The van der Waals surface area contributed by atoms with Crippen LogP contribution in [0.2, 0.25) is 10.0 Å². The second-order valence-corrected chi connectivity index (χ2v) is 7.52. The van der Waals surface area contributed by atoms with Gasteiger partial charge in [-0.05, 0) is 42.5 Å². The van der Waals surface area contributed by atoms with Crippen molar-refractivity contribution in [2.24, 2.45) is 10.2 Å². The Bertz CT molecular complexity index is 1280. The molecule has 3 aromatic carbocycles. The van der Waals surface area contributed by atoms with Gasteiger partial charge in [-0.2, -0.15) is 0 Å². The van der Waals surface area contributed by atoms with Crippen LogP contribution in [-0.2, 0) is 6.54 Å². The highest BCUT2D eigenvalue weighted by Crippen LogP contribution is 2.40. The first kappa shape index (κ1) is 20.9. The van der Waals surface area contributed by atoms with E-state index in [2.05, 4.69) is 10.2 Å². The molecule has 0 saturated carbocycles. The van der Waals surface area contributed by atoms with E-state index in [1.165, 1.54) is 0 Å². The lowest BCUT2D eigenvalue weighted by molar-refractivity contribution is 0.0995. The molecule has 4 aromatic rings. The first-order valence-electron chi connectivity index (χ1n) is 9.33. The summed E-state index contributed by atoms with van der Waals surface area (Å²) in [7, 11) is 1.55. The third kappa shape index (κ3) is 4.13. The van der Waals surface area contributed by atoms with Gasteiger partial charge in [0.2, 0.25) is 5.88 Å². The quantitative estimate of drug-likeness (QED) is 0.344. The van der Waals surface area contributed by atoms with Crippen LogP contribution < -0.4 is 4.74 Å². The number of aromatic hydroxyl groups is 1. The topological polar surface area (TPSA) is 76.2 Å². The number of nitrogens with zero attached hydrogens (tertiary/aromatic N) is 3. The van der Waals surface area contributed by atoms with E-state index in [1.54, 1.807) is 60.2 Å². The molecular weight excluding hydrogens is 437 g/mol. The molecule has 1 N–H and O–H groups in total. The Morgan fingerprint density at radius 1 is 1.00 bits per heavy atom. The average molecular weight is 454 g/mol. The van der Waals surface area contributed by atoms with Crippen LogP contribution in [0.5, 0.6) is 11.6 Å². The smallest absolute Gasteiger partial charge is 0.295 e. The van der Waals surface area contributed by atoms with Crippen LogP contribution in [0, 0.1) is 0 Å². The molecule has 1 heterocycles. The maximum Gasteiger partial charge on any atom is 0.295 e. The summed E-state index contributed by atoms with van der Waals surface area (Å²) in [5.74, 6) is -0.0380. The lowest BCUT2D eigenvalue weighted by Gasteiger charge is -2.10. The zero-order valence-corrected chi connectivity index (χ0v) is 17.9. The van der Waals surface area contributed by atoms with Crippen molar-refractivity contribution in [2.75, 3.05) is 7.11 Å². The molecule has 0 fully saturated rings. The van der Waals surface area contributed by atoms with Crippen LogP contribution in [0.4, 0.5) is 5.69 Å². The first-order valence-corrected chi connectivity index (χ1v) is 10.1. The van der Waals surface area contributed by atoms with Crippen molar-refractivity contribution in [1.29, 1.82) is 0 Å². The zero-order valence-electron chi connectivity index (χ0n) is 16.4. The van der Waals surface area contributed by atoms with E-state index >= 15 is 0 Å². The molecule has 0 aliphatic rings. The van der Waals surface area contributed by atoms with E-state index in [-0.39, 0.29) is 18.1 Å². The van der Waals surface area contributed by atoms with Gasteiger partial charge in [0.15, 0.2) is 5.69 Å². The Labute approximate surface area is 188 Å². The SMILES string of the molecule is COc1ccc(C(=O)N=Nc2c(O)n(Cc3c(Cl)cccc3Cl)c3ccccc23)cc1. The molecule has 6 nitrogen and oxygen atoms in total. The molecule has 0 saturated heterocycles. The number of ether oxygens (including phenoxy) is 1. The standard InChI is InChI=1S/C23H17Cl2N3O3/c1-31-15-11-9-14(10-12-15)22(29)27-26-21-16-5-2-3-8-20(16)28(23(21)30)13-17-18(24)6-4-7-19(17)25/h2-12,30H,13H2,1H3. The van der Waals surface area contributed by atoms with Gasteiger partial charge < -0.3 is 14.4 Å². The van der Waals surface area contributed by atoms with Crippen molar-refractivity contribution >= 4 is 45.7 Å². The fraction of sp³-hybridized carbons (Fsp3) is 0.0870. The Balaban J connectivity index is 1.72. The largest absolute Gasteiger partial charge is 0.497 e. The summed E-state index contributed by atoms with van der Waals surface area (Å²) in [6.45, 7) is 0.229. The van der Waals surface area contributed by atoms with Gasteiger partial charge in [-0.25, -0.2) is 0 Å². The normalized spacial score (nSPS) is 11.3. The minimum absolute atomic E-state index is 0.136. The van der Waals surface area contributed by atoms with Gasteiger partial charge in [-0.1, -0.05) is 47.5 Å². The van der Waals surface area contributed by atoms with Gasteiger partial charge in [0.1, 0.15) is 5.75 Å². The van der Waals surface area contributed by atoms with E-state index in [0.717, 1.165) is 0 Å². The van der Waals surface area contributed by atoms with Crippen molar-refractivity contribution in [3.63, 3.8) is 0 Å². The predicted molar refractivity (Wildman–Crippen MR) is 121 cm³/mol. The summed E-state index contributed by atoms with van der Waals surface area (Å²) in [6.07, 6.45) is 0. The van der Waals surface area contributed by atoms with Gasteiger partial charge in [0.05, 0.1) is 19.2 Å². The molecule has 0 aliphatic heterocycles. The van der Waals surface area contributed by atoms with Crippen LogP contribution in [0.25, 0.3) is 10.9 Å². The van der Waals surface area contributed by atoms with Gasteiger partial charge in [0, 0.05) is 26.6 Å². The molecule has 0 aliphatic carbocycles. The highest BCUT2D eigenvalue weighted by molar-refractivity contribution is 6.36. The number of azo groups is 1. The molecule has 0 atom stereocenters. The van der Waals surface area contributed by atoms with Crippen LogP contribution >= 0.6 is 23.2 Å². The summed E-state index contributed by atoms with van der Waals surface area (Å²) in [5, 5.41) is 20.4. The number of aromatic nitrogens is 1. The third-order valence-corrected chi connectivity index (χ3v) is 5.58. The lowest BCUT2D eigenvalue weighted by Crippen LogP contribution is -2.00. The molecule has 0 radical (unpaired) electrons. The summed E-state index contributed by atoms with van der Waals surface area (Å²) >= 11 is 12.6. The molecular formula is C23H17Cl2N3O3. The highest BCUT2D eigenvalue weighted by atomic mass is 35.5. The van der Waals surface area contributed by atoms with Crippen LogP contribution in [0.1, 0.15) is 15.9 Å². The van der Waals surface area contributed by atoms with Crippen LogP contribution in [-0.4, -0.2) is 22.7 Å². The molecule has 0 bridgehead atoms. The average Bonchev–Trinajstić information content (AvgIpc) is 3.05. The number of para-hydroxylation sites is 1. The second kappa shape index (κ2) is 8.79. The van der Waals surface area contributed by atoms with Crippen LogP contribution in [0.3, 0.4) is 0 Å². The number of carbonyl (C=O) groups excluding carboxylic acids is 1. The maximum atomic E-state index is 12.4. The van der Waals surface area contributed by atoms with Crippen molar-refractivity contribution in [2.45, 2.75) is 6.54 Å². The Morgan fingerprint density at radius 2 is 1.68 bits per heavy atom. The fourth-order valence-electron chi connectivity index (χ4n) is 3.26. The van der Waals surface area contributed by atoms with E-state index < -0.39 is 5.91 Å². The predicted octanol–water partition coefficient (Wildman–Crippen LogP) is 6.63. The number of fused-ring (bicyclic) bond motifs is 1. The molecule has 0 unspecified atom stereocenters. The van der Waals surface area contributed by atoms with E-state index in [0.29, 0.717) is 37.8 Å². The monoisotopic (exact) mass is 453 g/mol. The van der Waals surface area contributed by atoms with Gasteiger partial charge in [0.25, 0.3) is 5.91 Å². The lowest BCUT2D eigenvalue weighted by atomic mass is 10.2. The number of carbonyl (C=O) groups is 1. The highest BCUT2D eigenvalue weighted by Gasteiger charge is 2.19. The van der Waals surface area contributed by atoms with Gasteiger partial charge in [-0.3, -0.25) is 4.79 Å². The van der Waals surface area contributed by atoms with Crippen LogP contribution in [0.15, 0.2) is 77.0 Å². The number of methoxy groups -OCH3 is 1. The first-order chi connectivity index (χ1) is 15.0. The van der Waals surface area contributed by atoms with E-state index in [4.69, 9.17) is 27.9 Å². The van der Waals surface area contributed by atoms with E-state index in [9.17, 15) is 9.90 Å². The van der Waals surface area contributed by atoms with Gasteiger partial charge >= 0.3 is 0 Å². The number of benzene rings is 3. The zero-order chi connectivity index (χ0) is 22.0. The molecule has 4 rings (SSSR count). The maximum absolute atomic E-state index is 12.4.